The van der Waals surface area contributed by atoms with Crippen molar-refractivity contribution in [3.05, 3.63) is 77.6 Å². The minimum absolute atomic E-state index is 0.155. The number of carbonyl (C=O) groups is 1. The monoisotopic (exact) mass is 392 g/mol. The zero-order valence-electron chi connectivity index (χ0n) is 15.5. The number of amides is 1. The highest BCUT2D eigenvalue weighted by Crippen LogP contribution is 2.15. The number of anilines is 1. The van der Waals surface area contributed by atoms with E-state index < -0.39 is 5.91 Å². The summed E-state index contributed by atoms with van der Waals surface area (Å²) < 4.78 is 19.6. The molecule has 0 fully saturated rings. The van der Waals surface area contributed by atoms with Crippen LogP contribution in [-0.2, 0) is 13.0 Å². The second kappa shape index (κ2) is 8.01. The lowest BCUT2D eigenvalue weighted by molar-refractivity contribution is 0.0981. The quantitative estimate of drug-likeness (QED) is 0.540. The summed E-state index contributed by atoms with van der Waals surface area (Å²) in [6.45, 7) is 2.45. The van der Waals surface area contributed by atoms with E-state index in [1.165, 1.54) is 12.1 Å². The van der Waals surface area contributed by atoms with Crippen LogP contribution >= 0.6 is 0 Å². The molecule has 0 bridgehead atoms. The third-order valence-corrected chi connectivity index (χ3v) is 4.24. The number of hydrogen-bond donors (Lipinski definition) is 1. The minimum atomic E-state index is -0.504. The van der Waals surface area contributed by atoms with Crippen molar-refractivity contribution in [3.8, 4) is 11.5 Å². The summed E-state index contributed by atoms with van der Waals surface area (Å²) in [6, 6.07) is 13.6. The maximum Gasteiger partial charge on any atom is 0.316 e. The van der Waals surface area contributed by atoms with E-state index in [0.29, 0.717) is 17.9 Å². The Morgan fingerprint density at radius 3 is 2.79 bits per heavy atom. The van der Waals surface area contributed by atoms with Crippen LogP contribution in [0.5, 0.6) is 0 Å². The lowest BCUT2D eigenvalue weighted by Crippen LogP contribution is -2.12. The van der Waals surface area contributed by atoms with Gasteiger partial charge in [-0.15, -0.1) is 5.10 Å². The Labute approximate surface area is 165 Å². The summed E-state index contributed by atoms with van der Waals surface area (Å²) >= 11 is 0. The van der Waals surface area contributed by atoms with Crippen LogP contribution in [0.4, 0.5) is 10.1 Å². The molecule has 0 saturated carbocycles. The summed E-state index contributed by atoms with van der Waals surface area (Å²) in [4.78, 5) is 16.4. The van der Waals surface area contributed by atoms with Crippen LogP contribution in [0.15, 0.2) is 59.3 Å². The van der Waals surface area contributed by atoms with Gasteiger partial charge < -0.3 is 9.84 Å². The van der Waals surface area contributed by atoms with E-state index in [-0.39, 0.29) is 17.5 Å². The van der Waals surface area contributed by atoms with Crippen molar-refractivity contribution in [2.75, 3.05) is 5.32 Å². The van der Waals surface area contributed by atoms with E-state index in [4.69, 9.17) is 4.52 Å². The first-order valence-electron chi connectivity index (χ1n) is 8.99. The molecule has 0 aliphatic carbocycles. The molecule has 8 nitrogen and oxygen atoms in total. The Morgan fingerprint density at radius 2 is 2.00 bits per heavy atom. The molecule has 2 aromatic heterocycles. The normalized spacial score (nSPS) is 10.8. The summed E-state index contributed by atoms with van der Waals surface area (Å²) in [6.07, 6.45) is 2.49. The van der Waals surface area contributed by atoms with Crippen molar-refractivity contribution in [3.63, 3.8) is 0 Å². The van der Waals surface area contributed by atoms with Gasteiger partial charge in [0.15, 0.2) is 5.69 Å². The van der Waals surface area contributed by atoms with Crippen molar-refractivity contribution in [2.45, 2.75) is 19.9 Å². The Hall–Kier alpha value is -3.88. The van der Waals surface area contributed by atoms with Gasteiger partial charge in [0.25, 0.3) is 0 Å². The second-order valence-electron chi connectivity index (χ2n) is 6.36. The fourth-order valence-electron chi connectivity index (χ4n) is 2.73. The molecule has 0 saturated heterocycles. The molecule has 1 N–H and O–H groups in total. The largest absolute Gasteiger partial charge is 0.328 e. The molecule has 0 radical (unpaired) electrons. The van der Waals surface area contributed by atoms with E-state index in [1.807, 2.05) is 25.1 Å². The molecule has 0 spiro atoms. The third-order valence-electron chi connectivity index (χ3n) is 4.24. The molecule has 4 rings (SSSR count). The summed E-state index contributed by atoms with van der Waals surface area (Å²) in [5, 5.41) is 14.5. The fourth-order valence-corrected chi connectivity index (χ4v) is 2.73. The van der Waals surface area contributed by atoms with Crippen molar-refractivity contribution in [1.29, 1.82) is 0 Å². The zero-order chi connectivity index (χ0) is 20.2. The van der Waals surface area contributed by atoms with Gasteiger partial charge in [-0.2, -0.15) is 4.98 Å². The number of hydrogen-bond acceptors (Lipinski definition) is 6. The number of nitrogens with zero attached hydrogens (tertiary/aromatic N) is 5. The van der Waals surface area contributed by atoms with Crippen LogP contribution in [0, 0.1) is 5.82 Å². The van der Waals surface area contributed by atoms with Crippen LogP contribution in [0.3, 0.4) is 0 Å². The van der Waals surface area contributed by atoms with Crippen molar-refractivity contribution >= 4 is 11.6 Å². The van der Waals surface area contributed by atoms with Gasteiger partial charge in [0, 0.05) is 5.69 Å². The molecule has 0 aliphatic heterocycles. The Kier molecular flexibility index (Phi) is 5.10. The summed E-state index contributed by atoms with van der Waals surface area (Å²) in [7, 11) is 0. The number of aryl methyl sites for hydroxylation is 1. The second-order valence-corrected chi connectivity index (χ2v) is 6.36. The summed E-state index contributed by atoms with van der Waals surface area (Å²) in [5.74, 6) is -0.819. The van der Waals surface area contributed by atoms with Gasteiger partial charge in [0.05, 0.1) is 12.7 Å². The van der Waals surface area contributed by atoms with Crippen molar-refractivity contribution in [2.24, 2.45) is 0 Å². The highest BCUT2D eigenvalue weighted by molar-refractivity contribution is 6.01. The predicted molar refractivity (Wildman–Crippen MR) is 103 cm³/mol. The lowest BCUT2D eigenvalue weighted by Gasteiger charge is -2.03. The van der Waals surface area contributed by atoms with E-state index in [0.717, 1.165) is 17.5 Å². The number of rotatable bonds is 6. The van der Waals surface area contributed by atoms with E-state index in [9.17, 15) is 9.18 Å². The SMILES string of the molecule is CCc1cccc(NC(=O)c2nc(-c3cn(Cc4ccc(F)cc4)nn3)no2)c1. The van der Waals surface area contributed by atoms with Crippen LogP contribution in [0.2, 0.25) is 0 Å². The first-order valence-corrected chi connectivity index (χ1v) is 8.99. The number of benzene rings is 2. The molecular formula is C20H17FN6O2. The molecule has 2 heterocycles. The predicted octanol–water partition coefficient (Wildman–Crippen LogP) is 3.33. The Morgan fingerprint density at radius 1 is 1.17 bits per heavy atom. The lowest BCUT2D eigenvalue weighted by atomic mass is 10.1. The Bertz CT molecular complexity index is 1140. The van der Waals surface area contributed by atoms with Crippen LogP contribution < -0.4 is 5.32 Å². The number of nitrogens with one attached hydrogen (secondary N) is 1. The van der Waals surface area contributed by atoms with Gasteiger partial charge in [-0.25, -0.2) is 9.07 Å². The van der Waals surface area contributed by atoms with Crippen LogP contribution in [-0.4, -0.2) is 31.0 Å². The minimum Gasteiger partial charge on any atom is -0.328 e. The molecule has 9 heteroatoms. The standard InChI is InChI=1S/C20H17FN6O2/c1-2-13-4-3-5-16(10-13)22-19(28)20-23-18(25-29-20)17-12-27(26-24-17)11-14-6-8-15(21)9-7-14/h3-10,12H,2,11H2,1H3,(H,22,28). The average Bonchev–Trinajstić information content (AvgIpc) is 3.39. The van der Waals surface area contributed by atoms with E-state index in [1.54, 1.807) is 29.1 Å². The third kappa shape index (κ3) is 4.34. The van der Waals surface area contributed by atoms with Crippen molar-refractivity contribution in [1.82, 2.24) is 25.1 Å². The van der Waals surface area contributed by atoms with Gasteiger partial charge in [-0.05, 0) is 41.8 Å². The number of carbonyl (C=O) groups excluding carboxylic acids is 1. The first kappa shape index (κ1) is 18.5. The highest BCUT2D eigenvalue weighted by Gasteiger charge is 2.18. The van der Waals surface area contributed by atoms with Gasteiger partial charge in [0.2, 0.25) is 5.82 Å². The van der Waals surface area contributed by atoms with E-state index >= 15 is 0 Å². The highest BCUT2D eigenvalue weighted by atomic mass is 19.1. The molecule has 0 atom stereocenters. The van der Waals surface area contributed by atoms with Crippen LogP contribution in [0.1, 0.15) is 28.7 Å². The molecule has 2 aromatic carbocycles. The topological polar surface area (TPSA) is 98.7 Å². The van der Waals surface area contributed by atoms with Crippen LogP contribution in [0.25, 0.3) is 11.5 Å². The fraction of sp³-hybridized carbons (Fsp3) is 0.150. The molecule has 0 unspecified atom stereocenters. The smallest absolute Gasteiger partial charge is 0.316 e. The maximum absolute atomic E-state index is 13.0. The van der Waals surface area contributed by atoms with E-state index in [2.05, 4.69) is 25.8 Å². The molecule has 146 valence electrons. The maximum atomic E-state index is 13.0. The van der Waals surface area contributed by atoms with Gasteiger partial charge in [-0.3, -0.25) is 4.79 Å². The van der Waals surface area contributed by atoms with Gasteiger partial charge in [0.1, 0.15) is 5.82 Å². The molecular weight excluding hydrogens is 375 g/mol. The molecule has 0 aliphatic rings. The molecule has 1 amide bonds. The average molecular weight is 392 g/mol. The van der Waals surface area contributed by atoms with Gasteiger partial charge in [-0.1, -0.05) is 41.6 Å². The van der Waals surface area contributed by atoms with Gasteiger partial charge >= 0.3 is 11.8 Å². The first-order chi connectivity index (χ1) is 14.1. The number of aromatic nitrogens is 5. The van der Waals surface area contributed by atoms with Crippen molar-refractivity contribution < 1.29 is 13.7 Å². The summed E-state index contributed by atoms with van der Waals surface area (Å²) in [5.41, 5.74) is 2.99. The Balaban J connectivity index is 1.45. The number of halogens is 1. The molecule has 4 aromatic rings. The molecule has 29 heavy (non-hydrogen) atoms. The zero-order valence-corrected chi connectivity index (χ0v) is 15.5.